The smallest absolute Gasteiger partial charge is 0.336 e. The summed E-state index contributed by atoms with van der Waals surface area (Å²) in [6, 6.07) is 16.3. The van der Waals surface area contributed by atoms with Gasteiger partial charge >= 0.3 is 11.9 Å². The zero-order valence-corrected chi connectivity index (χ0v) is 20.7. The fourth-order valence-electron chi connectivity index (χ4n) is 4.72. The number of carboxylic acid groups (broad SMARTS) is 2. The third-order valence-corrected chi connectivity index (χ3v) is 6.34. The Morgan fingerprint density at radius 2 is 1.29 bits per heavy atom. The van der Waals surface area contributed by atoms with Gasteiger partial charge in [-0.3, -0.25) is 0 Å². The van der Waals surface area contributed by atoms with E-state index in [0.29, 0.717) is 17.5 Å². The van der Waals surface area contributed by atoms with Gasteiger partial charge in [0.05, 0.1) is 11.1 Å². The summed E-state index contributed by atoms with van der Waals surface area (Å²) in [5.74, 6) is -1.99. The van der Waals surface area contributed by atoms with Crippen molar-refractivity contribution in [3.63, 3.8) is 0 Å². The van der Waals surface area contributed by atoms with Crippen molar-refractivity contribution in [2.45, 2.75) is 65.7 Å². The molecule has 0 radical (unpaired) electrons. The van der Waals surface area contributed by atoms with Crippen LogP contribution in [0.3, 0.4) is 0 Å². The number of rotatable bonds is 8. The highest BCUT2D eigenvalue weighted by atomic mass is 16.4. The van der Waals surface area contributed by atoms with Crippen molar-refractivity contribution in [2.75, 3.05) is 0 Å². The second-order valence-corrected chi connectivity index (χ2v) is 9.72. The molecule has 0 heterocycles. The van der Waals surface area contributed by atoms with Gasteiger partial charge in [0.15, 0.2) is 0 Å². The first-order valence-corrected chi connectivity index (χ1v) is 12.0. The van der Waals surface area contributed by atoms with Crippen LogP contribution >= 0.6 is 0 Å². The largest absolute Gasteiger partial charge is 0.478 e. The second kappa shape index (κ2) is 10.3. The van der Waals surface area contributed by atoms with Crippen LogP contribution in [0.1, 0.15) is 84.9 Å². The summed E-state index contributed by atoms with van der Waals surface area (Å²) in [6.07, 6.45) is 3.44. The summed E-state index contributed by atoms with van der Waals surface area (Å²) in [5, 5.41) is 20.1. The van der Waals surface area contributed by atoms with Gasteiger partial charge in [-0.1, -0.05) is 83.5 Å². The molecule has 3 rings (SSSR count). The van der Waals surface area contributed by atoms with E-state index in [1.54, 1.807) is 24.3 Å². The molecule has 2 N–H and O–H groups in total. The first-order valence-electron chi connectivity index (χ1n) is 12.0. The Kier molecular flexibility index (Phi) is 7.61. The molecule has 0 aliphatic rings. The standard InChI is InChI=1S/C30H34O4/c1-6-8-13-24-25(30(3,4)5)18-19(7-2)26(20-14-9-11-16-22(20)28(31)32)27(24)21-15-10-12-17-23(21)29(33)34/h9-12,14-18H,6-8,13H2,1-5H3,(H,31,32)(H,33,34). The van der Waals surface area contributed by atoms with E-state index in [1.165, 1.54) is 5.56 Å². The van der Waals surface area contributed by atoms with Crippen molar-refractivity contribution in [3.8, 4) is 22.3 Å². The predicted molar refractivity (Wildman–Crippen MR) is 138 cm³/mol. The fourth-order valence-corrected chi connectivity index (χ4v) is 4.72. The van der Waals surface area contributed by atoms with Crippen molar-refractivity contribution in [3.05, 3.63) is 82.4 Å². The van der Waals surface area contributed by atoms with Gasteiger partial charge in [0.25, 0.3) is 0 Å². The molecule has 0 aromatic heterocycles. The highest BCUT2D eigenvalue weighted by Gasteiger charge is 2.28. The molecule has 4 heteroatoms. The zero-order valence-electron chi connectivity index (χ0n) is 20.7. The Labute approximate surface area is 202 Å². The van der Waals surface area contributed by atoms with Crippen LogP contribution in [-0.4, -0.2) is 22.2 Å². The van der Waals surface area contributed by atoms with Crippen molar-refractivity contribution < 1.29 is 19.8 Å². The average molecular weight is 459 g/mol. The number of carbonyl (C=O) groups is 2. The van der Waals surface area contributed by atoms with Crippen LogP contribution in [-0.2, 0) is 18.3 Å². The topological polar surface area (TPSA) is 74.6 Å². The normalized spacial score (nSPS) is 11.4. The monoisotopic (exact) mass is 458 g/mol. The van der Waals surface area contributed by atoms with Crippen molar-refractivity contribution in [2.24, 2.45) is 0 Å². The minimum Gasteiger partial charge on any atom is -0.478 e. The van der Waals surface area contributed by atoms with E-state index in [1.807, 2.05) is 24.3 Å². The molecule has 0 amide bonds. The van der Waals surface area contributed by atoms with Gasteiger partial charge in [-0.2, -0.15) is 0 Å². The van der Waals surface area contributed by atoms with E-state index in [9.17, 15) is 19.8 Å². The molecule has 3 aromatic rings. The molecule has 0 fully saturated rings. The molecule has 0 saturated carbocycles. The van der Waals surface area contributed by atoms with Gasteiger partial charge < -0.3 is 10.2 Å². The maximum atomic E-state index is 12.3. The lowest BCUT2D eigenvalue weighted by atomic mass is 9.74. The molecule has 0 unspecified atom stereocenters. The maximum absolute atomic E-state index is 12.3. The molecule has 0 aliphatic carbocycles. The van der Waals surface area contributed by atoms with Gasteiger partial charge in [-0.15, -0.1) is 0 Å². The summed E-state index contributed by atoms with van der Waals surface area (Å²) in [7, 11) is 0. The lowest BCUT2D eigenvalue weighted by Gasteiger charge is -2.30. The molecular weight excluding hydrogens is 424 g/mol. The number of aromatic carboxylic acids is 2. The third kappa shape index (κ3) is 4.91. The highest BCUT2D eigenvalue weighted by molar-refractivity contribution is 6.04. The molecule has 0 aliphatic heterocycles. The van der Waals surface area contributed by atoms with Crippen LogP contribution in [0, 0.1) is 0 Å². The Balaban J connectivity index is 2.62. The minimum absolute atomic E-state index is 0.162. The van der Waals surface area contributed by atoms with Gasteiger partial charge in [0, 0.05) is 0 Å². The van der Waals surface area contributed by atoms with Crippen LogP contribution in [0.15, 0.2) is 54.6 Å². The first-order chi connectivity index (χ1) is 16.1. The SMILES string of the molecule is CCCCc1c(C(C)(C)C)cc(CC)c(-c2ccccc2C(=O)O)c1-c1ccccc1C(=O)O. The molecule has 178 valence electrons. The summed E-state index contributed by atoms with van der Waals surface area (Å²) >= 11 is 0. The van der Waals surface area contributed by atoms with E-state index >= 15 is 0 Å². The number of benzene rings is 3. The second-order valence-electron chi connectivity index (χ2n) is 9.72. The van der Waals surface area contributed by atoms with Crippen molar-refractivity contribution in [1.29, 1.82) is 0 Å². The average Bonchev–Trinajstić information content (AvgIpc) is 2.80. The van der Waals surface area contributed by atoms with E-state index < -0.39 is 11.9 Å². The minimum atomic E-state index is -0.995. The van der Waals surface area contributed by atoms with E-state index in [-0.39, 0.29) is 16.5 Å². The molecular formula is C30H34O4. The predicted octanol–water partition coefficient (Wildman–Crippen LogP) is 7.62. The van der Waals surface area contributed by atoms with Crippen LogP contribution in [0.5, 0.6) is 0 Å². The van der Waals surface area contributed by atoms with Crippen LogP contribution in [0.25, 0.3) is 22.3 Å². The van der Waals surface area contributed by atoms with E-state index in [4.69, 9.17) is 0 Å². The Morgan fingerprint density at radius 1 is 0.794 bits per heavy atom. The van der Waals surface area contributed by atoms with E-state index in [2.05, 4.69) is 40.7 Å². The fraction of sp³-hybridized carbons (Fsp3) is 0.333. The molecule has 3 aromatic carbocycles. The van der Waals surface area contributed by atoms with E-state index in [0.717, 1.165) is 41.5 Å². The number of carboxylic acids is 2. The summed E-state index contributed by atoms with van der Waals surface area (Å²) < 4.78 is 0. The number of hydrogen-bond donors (Lipinski definition) is 2. The number of unbranched alkanes of at least 4 members (excludes halogenated alkanes) is 1. The summed E-state index contributed by atoms with van der Waals surface area (Å²) in [4.78, 5) is 24.5. The molecule has 0 bridgehead atoms. The quantitative estimate of drug-likeness (QED) is 0.364. The number of hydrogen-bond acceptors (Lipinski definition) is 2. The summed E-state index contributed by atoms with van der Waals surface area (Å²) in [6.45, 7) is 10.7. The third-order valence-electron chi connectivity index (χ3n) is 6.34. The zero-order chi connectivity index (χ0) is 25.0. The van der Waals surface area contributed by atoms with Gasteiger partial charge in [0.2, 0.25) is 0 Å². The van der Waals surface area contributed by atoms with Crippen molar-refractivity contribution >= 4 is 11.9 Å². The molecule has 0 atom stereocenters. The molecule has 34 heavy (non-hydrogen) atoms. The molecule has 0 saturated heterocycles. The van der Waals surface area contributed by atoms with Gasteiger partial charge in [-0.05, 0) is 75.8 Å². The van der Waals surface area contributed by atoms with Crippen LogP contribution in [0.2, 0.25) is 0 Å². The van der Waals surface area contributed by atoms with Crippen molar-refractivity contribution in [1.82, 2.24) is 0 Å². The van der Waals surface area contributed by atoms with Gasteiger partial charge in [-0.25, -0.2) is 9.59 Å². The lowest BCUT2D eigenvalue weighted by molar-refractivity contribution is 0.0686. The maximum Gasteiger partial charge on any atom is 0.336 e. The Morgan fingerprint density at radius 3 is 1.74 bits per heavy atom. The van der Waals surface area contributed by atoms with Gasteiger partial charge in [0.1, 0.15) is 0 Å². The Hall–Kier alpha value is -3.40. The highest BCUT2D eigenvalue weighted by Crippen LogP contribution is 2.45. The lowest BCUT2D eigenvalue weighted by Crippen LogP contribution is -2.18. The molecule has 0 spiro atoms. The van der Waals surface area contributed by atoms with Crippen LogP contribution < -0.4 is 0 Å². The van der Waals surface area contributed by atoms with Crippen LogP contribution in [0.4, 0.5) is 0 Å². The summed E-state index contributed by atoms with van der Waals surface area (Å²) in [5.41, 5.74) is 6.54. The number of aryl methyl sites for hydroxylation is 1. The first kappa shape index (κ1) is 25.2. The molecule has 4 nitrogen and oxygen atoms in total. The Bertz CT molecular complexity index is 1210.